The predicted octanol–water partition coefficient (Wildman–Crippen LogP) is 0.458. The van der Waals surface area contributed by atoms with Crippen LogP contribution in [0.2, 0.25) is 0 Å². The number of nitrogens with two attached hydrogens (primary N) is 1. The lowest BCUT2D eigenvalue weighted by molar-refractivity contribution is -0.119. The Bertz CT molecular complexity index is 635. The van der Waals surface area contributed by atoms with Crippen molar-refractivity contribution in [3.63, 3.8) is 0 Å². The van der Waals surface area contributed by atoms with Crippen molar-refractivity contribution in [2.24, 2.45) is 5.73 Å². The molecule has 4 N–H and O–H groups in total. The van der Waals surface area contributed by atoms with Crippen LogP contribution in [-0.4, -0.2) is 30.9 Å². The summed E-state index contributed by atoms with van der Waals surface area (Å²) in [7, 11) is -3.68. The van der Waals surface area contributed by atoms with Gasteiger partial charge >= 0.3 is 5.97 Å². The average molecular weight is 314 g/mol. The molecule has 0 radical (unpaired) electrons. The number of nitrogens with one attached hydrogen (secondary N) is 1. The van der Waals surface area contributed by atoms with Gasteiger partial charge in [-0.25, -0.2) is 17.9 Å². The molecule has 1 amide bonds. The highest BCUT2D eigenvalue weighted by Crippen LogP contribution is 2.13. The van der Waals surface area contributed by atoms with Crippen LogP contribution in [0.1, 0.15) is 36.2 Å². The van der Waals surface area contributed by atoms with E-state index in [9.17, 15) is 18.0 Å². The molecule has 0 unspecified atom stereocenters. The normalized spacial score (nSPS) is 12.1. The van der Waals surface area contributed by atoms with E-state index in [0.717, 1.165) is 0 Å². The summed E-state index contributed by atoms with van der Waals surface area (Å²) in [5.41, 5.74) is 4.61. The smallest absolute Gasteiger partial charge is 0.335 e. The largest absolute Gasteiger partial charge is 0.478 e. The number of hydrogen-bond acceptors (Lipinski definition) is 4. The number of carbonyl (C=O) groups excluding carboxylic acids is 1. The lowest BCUT2D eigenvalue weighted by Crippen LogP contribution is -2.46. The molecule has 21 heavy (non-hydrogen) atoms. The van der Waals surface area contributed by atoms with Crippen LogP contribution >= 0.6 is 0 Å². The minimum atomic E-state index is -3.68. The van der Waals surface area contributed by atoms with Crippen LogP contribution in [0.15, 0.2) is 24.3 Å². The van der Waals surface area contributed by atoms with E-state index in [1.807, 2.05) is 0 Å². The summed E-state index contributed by atoms with van der Waals surface area (Å²) in [6.45, 7) is 3.12. The van der Waals surface area contributed by atoms with Crippen molar-refractivity contribution in [2.75, 3.05) is 0 Å². The minimum absolute atomic E-state index is 0.0816. The number of sulfonamides is 1. The molecule has 1 aromatic rings. The Morgan fingerprint density at radius 1 is 1.24 bits per heavy atom. The Balaban J connectivity index is 2.80. The number of amides is 1. The third-order valence-electron chi connectivity index (χ3n) is 2.61. The van der Waals surface area contributed by atoms with Gasteiger partial charge in [-0.2, -0.15) is 0 Å². The highest BCUT2D eigenvalue weighted by Gasteiger charge is 2.26. The van der Waals surface area contributed by atoms with Gasteiger partial charge in [0.05, 0.1) is 11.3 Å². The summed E-state index contributed by atoms with van der Waals surface area (Å²) in [5.74, 6) is -1.99. The van der Waals surface area contributed by atoms with Crippen molar-refractivity contribution >= 4 is 21.9 Å². The van der Waals surface area contributed by atoms with Crippen LogP contribution in [0.25, 0.3) is 0 Å². The second-order valence-electron chi connectivity index (χ2n) is 5.39. The van der Waals surface area contributed by atoms with Gasteiger partial charge in [0.15, 0.2) is 0 Å². The van der Waals surface area contributed by atoms with Crippen molar-refractivity contribution < 1.29 is 23.1 Å². The van der Waals surface area contributed by atoms with Gasteiger partial charge in [-0.05, 0) is 31.5 Å². The zero-order chi connectivity index (χ0) is 16.3. The molecule has 0 heterocycles. The predicted molar refractivity (Wildman–Crippen MR) is 77.1 cm³/mol. The Hall–Kier alpha value is -1.93. The molecule has 0 fully saturated rings. The number of hydrogen-bond donors (Lipinski definition) is 3. The fourth-order valence-electron chi connectivity index (χ4n) is 1.89. The molecule has 116 valence electrons. The number of carbonyl (C=O) groups is 2. The van der Waals surface area contributed by atoms with Crippen molar-refractivity contribution in [3.05, 3.63) is 35.4 Å². The molecule has 0 spiro atoms. The van der Waals surface area contributed by atoms with E-state index in [1.54, 1.807) is 13.8 Å². The van der Waals surface area contributed by atoms with Crippen molar-refractivity contribution in [1.29, 1.82) is 0 Å². The first-order valence-electron chi connectivity index (χ1n) is 6.13. The van der Waals surface area contributed by atoms with Crippen molar-refractivity contribution in [1.82, 2.24) is 4.72 Å². The zero-order valence-corrected chi connectivity index (χ0v) is 12.6. The number of aromatic carboxylic acids is 1. The topological polar surface area (TPSA) is 127 Å². The number of carboxylic acid groups (broad SMARTS) is 1. The second kappa shape index (κ2) is 6.23. The number of rotatable bonds is 7. The molecule has 0 aliphatic carbocycles. The first kappa shape index (κ1) is 17.1. The van der Waals surface area contributed by atoms with E-state index < -0.39 is 27.4 Å². The van der Waals surface area contributed by atoms with Gasteiger partial charge in [0.1, 0.15) is 0 Å². The summed E-state index contributed by atoms with van der Waals surface area (Å²) in [6.07, 6.45) is -0.121. The van der Waals surface area contributed by atoms with Gasteiger partial charge < -0.3 is 10.8 Å². The molecule has 7 nitrogen and oxygen atoms in total. The Kier molecular flexibility index (Phi) is 5.08. The molecule has 0 aliphatic heterocycles. The Labute approximate surface area is 123 Å². The molecule has 0 saturated carbocycles. The molecule has 8 heteroatoms. The molecular weight excluding hydrogens is 296 g/mol. The van der Waals surface area contributed by atoms with E-state index in [2.05, 4.69) is 4.72 Å². The summed E-state index contributed by atoms with van der Waals surface area (Å²) in [4.78, 5) is 21.6. The van der Waals surface area contributed by atoms with E-state index in [-0.39, 0.29) is 17.7 Å². The molecule has 0 saturated heterocycles. The summed E-state index contributed by atoms with van der Waals surface area (Å²) >= 11 is 0. The first-order valence-corrected chi connectivity index (χ1v) is 7.78. The quantitative estimate of drug-likeness (QED) is 0.674. The van der Waals surface area contributed by atoms with Gasteiger partial charge in [0.2, 0.25) is 15.9 Å². The third kappa shape index (κ3) is 5.92. The lowest BCUT2D eigenvalue weighted by atomic mass is 10.0. The average Bonchev–Trinajstić information content (AvgIpc) is 2.24. The number of primary amides is 1. The van der Waals surface area contributed by atoms with E-state index >= 15 is 0 Å². The molecular formula is C13H18N2O5S. The van der Waals surface area contributed by atoms with E-state index in [0.29, 0.717) is 5.56 Å². The molecule has 0 bridgehead atoms. The monoisotopic (exact) mass is 314 g/mol. The highest BCUT2D eigenvalue weighted by atomic mass is 32.2. The van der Waals surface area contributed by atoms with Crippen LogP contribution in [0.4, 0.5) is 0 Å². The van der Waals surface area contributed by atoms with E-state index in [4.69, 9.17) is 10.8 Å². The Morgan fingerprint density at radius 3 is 2.19 bits per heavy atom. The highest BCUT2D eigenvalue weighted by molar-refractivity contribution is 7.88. The van der Waals surface area contributed by atoms with E-state index in [1.165, 1.54) is 24.3 Å². The SMILES string of the molecule is CC(C)(CC(N)=O)NS(=O)(=O)Cc1ccc(C(=O)O)cc1. The third-order valence-corrected chi connectivity index (χ3v) is 4.18. The molecule has 0 aliphatic rings. The summed E-state index contributed by atoms with van der Waals surface area (Å²) < 4.78 is 26.5. The molecule has 1 rings (SSSR count). The van der Waals surface area contributed by atoms with Crippen LogP contribution in [0, 0.1) is 0 Å². The molecule has 0 atom stereocenters. The molecule has 1 aromatic carbocycles. The number of carboxylic acids is 1. The second-order valence-corrected chi connectivity index (χ2v) is 7.11. The molecule has 0 aromatic heterocycles. The fraction of sp³-hybridized carbons (Fsp3) is 0.385. The zero-order valence-electron chi connectivity index (χ0n) is 11.8. The number of benzene rings is 1. The van der Waals surface area contributed by atoms with Gasteiger partial charge in [-0.3, -0.25) is 4.79 Å². The Morgan fingerprint density at radius 2 is 1.76 bits per heavy atom. The van der Waals surface area contributed by atoms with Crippen LogP contribution < -0.4 is 10.5 Å². The van der Waals surface area contributed by atoms with Gasteiger partial charge in [-0.15, -0.1) is 0 Å². The maximum atomic E-state index is 12.0. The fourth-order valence-corrected chi connectivity index (χ4v) is 3.51. The standard InChI is InChI=1S/C13H18N2O5S/c1-13(2,7-11(14)16)15-21(19,20)8-9-3-5-10(6-4-9)12(17)18/h3-6,15H,7-8H2,1-2H3,(H2,14,16)(H,17,18). The van der Waals surface area contributed by atoms with Crippen molar-refractivity contribution in [3.8, 4) is 0 Å². The lowest BCUT2D eigenvalue weighted by Gasteiger charge is -2.24. The summed E-state index contributed by atoms with van der Waals surface area (Å²) in [5, 5.41) is 8.77. The van der Waals surface area contributed by atoms with Gasteiger partial charge in [-0.1, -0.05) is 12.1 Å². The minimum Gasteiger partial charge on any atom is -0.478 e. The maximum absolute atomic E-state index is 12.0. The summed E-state index contributed by atoms with van der Waals surface area (Å²) in [6, 6.07) is 5.54. The maximum Gasteiger partial charge on any atom is 0.335 e. The first-order chi connectivity index (χ1) is 9.51. The van der Waals surface area contributed by atoms with Crippen LogP contribution in [-0.2, 0) is 20.6 Å². The van der Waals surface area contributed by atoms with Gasteiger partial charge in [0, 0.05) is 12.0 Å². The van der Waals surface area contributed by atoms with Gasteiger partial charge in [0.25, 0.3) is 0 Å². The van der Waals surface area contributed by atoms with Crippen LogP contribution in [0.3, 0.4) is 0 Å². The van der Waals surface area contributed by atoms with Crippen molar-refractivity contribution in [2.45, 2.75) is 31.6 Å². The van der Waals surface area contributed by atoms with Crippen LogP contribution in [0.5, 0.6) is 0 Å².